The third-order valence-corrected chi connectivity index (χ3v) is 5.41. The molecule has 1 atom stereocenters. The van der Waals surface area contributed by atoms with E-state index in [4.69, 9.17) is 11.6 Å². The lowest BCUT2D eigenvalue weighted by atomic mass is 10.2. The first-order chi connectivity index (χ1) is 13.9. The summed E-state index contributed by atoms with van der Waals surface area (Å²) in [5.74, 6) is 0.379. The van der Waals surface area contributed by atoms with E-state index in [9.17, 15) is 9.59 Å². The van der Waals surface area contributed by atoms with Crippen LogP contribution in [0.4, 0.5) is 5.69 Å². The molecule has 1 aromatic heterocycles. The molecule has 0 fully saturated rings. The Bertz CT molecular complexity index is 924. The molecular formula is C21H26ClN5O2. The molecule has 2 aromatic rings. The summed E-state index contributed by atoms with van der Waals surface area (Å²) >= 11 is 6.13. The Labute approximate surface area is 176 Å². The molecule has 1 aliphatic heterocycles. The average molecular weight is 416 g/mol. The normalized spacial score (nSPS) is 16.3. The van der Waals surface area contributed by atoms with Crippen LogP contribution in [0.1, 0.15) is 30.2 Å². The molecule has 2 amide bonds. The summed E-state index contributed by atoms with van der Waals surface area (Å²) in [5.41, 5.74) is 1.01. The quantitative estimate of drug-likeness (QED) is 0.736. The zero-order valence-corrected chi connectivity index (χ0v) is 17.7. The molecule has 29 heavy (non-hydrogen) atoms. The smallest absolute Gasteiger partial charge is 0.273 e. The summed E-state index contributed by atoms with van der Waals surface area (Å²) in [4.78, 5) is 33.6. The number of hydrogen-bond donors (Lipinski definition) is 1. The average Bonchev–Trinajstić information content (AvgIpc) is 3.11. The number of para-hydroxylation sites is 1. The van der Waals surface area contributed by atoms with Crippen LogP contribution in [-0.4, -0.2) is 57.3 Å². The largest absolute Gasteiger partial charge is 0.327 e. The number of hydrogen-bond acceptors (Lipinski definition) is 4. The van der Waals surface area contributed by atoms with Crippen LogP contribution in [0.3, 0.4) is 0 Å². The second kappa shape index (κ2) is 9.24. The predicted molar refractivity (Wildman–Crippen MR) is 114 cm³/mol. The lowest BCUT2D eigenvalue weighted by Gasteiger charge is -2.34. The topological polar surface area (TPSA) is 70.5 Å². The molecule has 0 bridgehead atoms. The van der Waals surface area contributed by atoms with Crippen molar-refractivity contribution in [1.29, 1.82) is 0 Å². The van der Waals surface area contributed by atoms with E-state index in [1.807, 2.05) is 30.7 Å². The fourth-order valence-corrected chi connectivity index (χ4v) is 3.38. The van der Waals surface area contributed by atoms with Gasteiger partial charge in [-0.25, -0.2) is 4.98 Å². The Morgan fingerprint density at radius 2 is 2.14 bits per heavy atom. The number of rotatable bonds is 6. The lowest BCUT2D eigenvalue weighted by Crippen LogP contribution is -2.45. The molecule has 1 aliphatic rings. The molecule has 0 radical (unpaired) electrons. The van der Waals surface area contributed by atoms with Crippen molar-refractivity contribution in [3.63, 3.8) is 0 Å². The standard InChI is InChI=1S/C21H26ClN5O2/c1-4-25(3)11-7-10-20(28)26-14-19-23-12-18(27(19)13-15(26)2)21(29)24-17-9-6-5-8-16(17)22/h5-10,12,15H,4,11,13-14H2,1-3H3,(H,24,29)/b10-7+/t15-/m0/s1. The highest BCUT2D eigenvalue weighted by molar-refractivity contribution is 6.33. The monoisotopic (exact) mass is 415 g/mol. The first-order valence-electron chi connectivity index (χ1n) is 9.66. The van der Waals surface area contributed by atoms with Crippen molar-refractivity contribution in [1.82, 2.24) is 19.4 Å². The minimum atomic E-state index is -0.272. The number of aromatic nitrogens is 2. The van der Waals surface area contributed by atoms with E-state index in [-0.39, 0.29) is 17.9 Å². The van der Waals surface area contributed by atoms with Crippen molar-refractivity contribution in [2.75, 3.05) is 25.5 Å². The third kappa shape index (κ3) is 4.86. The summed E-state index contributed by atoms with van der Waals surface area (Å²) in [6.07, 6.45) is 5.04. The molecule has 3 rings (SSSR count). The van der Waals surface area contributed by atoms with Crippen LogP contribution in [0.5, 0.6) is 0 Å². The molecule has 7 nitrogen and oxygen atoms in total. The maximum Gasteiger partial charge on any atom is 0.273 e. The molecular weight excluding hydrogens is 390 g/mol. The number of amides is 2. The van der Waals surface area contributed by atoms with Gasteiger partial charge in [0.1, 0.15) is 11.5 Å². The molecule has 1 N–H and O–H groups in total. The highest BCUT2D eigenvalue weighted by Crippen LogP contribution is 2.23. The Morgan fingerprint density at radius 1 is 1.38 bits per heavy atom. The Balaban J connectivity index is 1.71. The van der Waals surface area contributed by atoms with Gasteiger partial charge in [0, 0.05) is 25.2 Å². The van der Waals surface area contributed by atoms with Crippen LogP contribution in [0.15, 0.2) is 42.6 Å². The van der Waals surface area contributed by atoms with E-state index < -0.39 is 0 Å². The number of carbonyl (C=O) groups is 2. The summed E-state index contributed by atoms with van der Waals surface area (Å²) in [6.45, 7) is 6.58. The number of carbonyl (C=O) groups excluding carboxylic acids is 2. The summed E-state index contributed by atoms with van der Waals surface area (Å²) in [7, 11) is 2.00. The fraction of sp³-hybridized carbons (Fsp3) is 0.381. The highest BCUT2D eigenvalue weighted by Gasteiger charge is 2.29. The van der Waals surface area contributed by atoms with Gasteiger partial charge in [-0.2, -0.15) is 0 Å². The van der Waals surface area contributed by atoms with E-state index in [1.165, 1.54) is 0 Å². The summed E-state index contributed by atoms with van der Waals surface area (Å²) in [5, 5.41) is 3.30. The molecule has 0 aliphatic carbocycles. The van der Waals surface area contributed by atoms with E-state index in [0.29, 0.717) is 35.3 Å². The Hall–Kier alpha value is -2.64. The predicted octanol–water partition coefficient (Wildman–Crippen LogP) is 3.03. The van der Waals surface area contributed by atoms with Crippen LogP contribution >= 0.6 is 11.6 Å². The summed E-state index contributed by atoms with van der Waals surface area (Å²) < 4.78 is 1.87. The number of imidazole rings is 1. The molecule has 0 spiro atoms. The van der Waals surface area contributed by atoms with E-state index in [1.54, 1.807) is 35.4 Å². The summed E-state index contributed by atoms with van der Waals surface area (Å²) in [6, 6.07) is 7.04. The van der Waals surface area contributed by atoms with Crippen molar-refractivity contribution >= 4 is 29.1 Å². The number of anilines is 1. The molecule has 0 saturated heterocycles. The van der Waals surface area contributed by atoms with Gasteiger partial charge in [0.25, 0.3) is 5.91 Å². The molecule has 8 heteroatoms. The first kappa shape index (κ1) is 21.1. The second-order valence-corrected chi connectivity index (χ2v) is 7.58. The van der Waals surface area contributed by atoms with Gasteiger partial charge in [-0.15, -0.1) is 0 Å². The van der Waals surface area contributed by atoms with Gasteiger partial charge in [0.15, 0.2) is 0 Å². The zero-order valence-electron chi connectivity index (χ0n) is 16.9. The van der Waals surface area contributed by atoms with Crippen LogP contribution in [0, 0.1) is 0 Å². The van der Waals surface area contributed by atoms with Crippen molar-refractivity contribution in [3.8, 4) is 0 Å². The number of nitrogens with zero attached hydrogens (tertiary/aromatic N) is 4. The van der Waals surface area contributed by atoms with Gasteiger partial charge >= 0.3 is 0 Å². The van der Waals surface area contributed by atoms with Gasteiger partial charge in [0.05, 0.1) is 23.5 Å². The van der Waals surface area contributed by atoms with Gasteiger partial charge in [-0.1, -0.05) is 36.7 Å². The van der Waals surface area contributed by atoms with Gasteiger partial charge in [-0.3, -0.25) is 9.59 Å². The van der Waals surface area contributed by atoms with E-state index in [2.05, 4.69) is 22.1 Å². The zero-order chi connectivity index (χ0) is 21.0. The molecule has 1 aromatic carbocycles. The van der Waals surface area contributed by atoms with Crippen molar-refractivity contribution in [3.05, 3.63) is 59.2 Å². The van der Waals surface area contributed by atoms with E-state index in [0.717, 1.165) is 13.1 Å². The van der Waals surface area contributed by atoms with Gasteiger partial charge in [0.2, 0.25) is 5.91 Å². The first-order valence-corrected chi connectivity index (χ1v) is 10.0. The maximum atomic E-state index is 12.7. The number of likely N-dealkylation sites (N-methyl/N-ethyl adjacent to an activating group) is 1. The second-order valence-electron chi connectivity index (χ2n) is 7.18. The number of fused-ring (bicyclic) bond motifs is 1. The number of halogens is 1. The fourth-order valence-electron chi connectivity index (χ4n) is 3.20. The molecule has 0 saturated carbocycles. The third-order valence-electron chi connectivity index (χ3n) is 5.08. The highest BCUT2D eigenvalue weighted by atomic mass is 35.5. The van der Waals surface area contributed by atoms with Crippen LogP contribution in [0.2, 0.25) is 5.02 Å². The number of nitrogens with one attached hydrogen (secondary N) is 1. The molecule has 2 heterocycles. The Kier molecular flexibility index (Phi) is 6.71. The van der Waals surface area contributed by atoms with Crippen LogP contribution in [-0.2, 0) is 17.9 Å². The van der Waals surface area contributed by atoms with Crippen LogP contribution < -0.4 is 5.32 Å². The minimum Gasteiger partial charge on any atom is -0.327 e. The van der Waals surface area contributed by atoms with Crippen LogP contribution in [0.25, 0.3) is 0 Å². The molecule has 0 unspecified atom stereocenters. The van der Waals surface area contributed by atoms with Crippen molar-refractivity contribution in [2.45, 2.75) is 33.0 Å². The van der Waals surface area contributed by atoms with Gasteiger partial charge < -0.3 is 19.7 Å². The lowest BCUT2D eigenvalue weighted by molar-refractivity contribution is -0.129. The van der Waals surface area contributed by atoms with Gasteiger partial charge in [-0.05, 0) is 32.6 Å². The maximum absolute atomic E-state index is 12.7. The molecule has 154 valence electrons. The van der Waals surface area contributed by atoms with Crippen molar-refractivity contribution in [2.24, 2.45) is 0 Å². The minimum absolute atomic E-state index is 0.0432. The number of benzene rings is 1. The Morgan fingerprint density at radius 3 is 2.86 bits per heavy atom. The van der Waals surface area contributed by atoms with E-state index >= 15 is 0 Å². The van der Waals surface area contributed by atoms with Crippen molar-refractivity contribution < 1.29 is 9.59 Å². The SMILES string of the molecule is CCN(C)C/C=C/C(=O)N1Cc2ncc(C(=O)Nc3ccccc3Cl)n2C[C@@H]1C.